The van der Waals surface area contributed by atoms with Gasteiger partial charge in [-0.2, -0.15) is 5.10 Å². The monoisotopic (exact) mass is 272 g/mol. The molecule has 0 saturated heterocycles. The van der Waals surface area contributed by atoms with Gasteiger partial charge in [-0.1, -0.05) is 13.8 Å². The minimum Gasteiger partial charge on any atom is -0.439 e. The molecule has 0 fully saturated rings. The van der Waals surface area contributed by atoms with E-state index in [2.05, 4.69) is 15.2 Å². The molecule has 0 atom stereocenters. The van der Waals surface area contributed by atoms with Crippen LogP contribution in [0.3, 0.4) is 0 Å². The molecule has 2 aromatic heterocycles. The number of aromatic amines is 1. The van der Waals surface area contributed by atoms with Crippen molar-refractivity contribution < 1.29 is 9.34 Å². The van der Waals surface area contributed by atoms with Crippen LogP contribution >= 0.6 is 0 Å². The number of benzene rings is 1. The van der Waals surface area contributed by atoms with Crippen molar-refractivity contribution in [1.82, 2.24) is 15.2 Å². The fraction of sp³-hybridized carbons (Fsp3) is 0.231. The summed E-state index contributed by atoms with van der Waals surface area (Å²) in [5.74, 6) is 1.28. The highest BCUT2D eigenvalue weighted by molar-refractivity contribution is 5.92. The Hall–Kier alpha value is -2.70. The Kier molecular flexibility index (Phi) is 2.74. The number of rotatable bonds is 3. The molecule has 7 heteroatoms. The van der Waals surface area contributed by atoms with Gasteiger partial charge in [0.15, 0.2) is 11.7 Å². The zero-order valence-corrected chi connectivity index (χ0v) is 11.0. The zero-order chi connectivity index (χ0) is 14.3. The van der Waals surface area contributed by atoms with Crippen molar-refractivity contribution in [2.24, 2.45) is 0 Å². The minimum absolute atomic E-state index is 0.0174. The van der Waals surface area contributed by atoms with Gasteiger partial charge in [0.2, 0.25) is 0 Å². The summed E-state index contributed by atoms with van der Waals surface area (Å²) in [4.78, 5) is 14.6. The number of nitrogens with one attached hydrogen (secondary N) is 1. The van der Waals surface area contributed by atoms with Crippen molar-refractivity contribution in [3.05, 3.63) is 40.4 Å². The molecule has 1 aromatic carbocycles. The van der Waals surface area contributed by atoms with Gasteiger partial charge in [0.25, 0.3) is 5.69 Å². The number of hydrogen-bond acceptors (Lipinski definition) is 5. The summed E-state index contributed by atoms with van der Waals surface area (Å²) in [6.07, 6.45) is 1.59. The first-order valence-corrected chi connectivity index (χ1v) is 6.15. The second kappa shape index (κ2) is 4.44. The van der Waals surface area contributed by atoms with Crippen LogP contribution in [0, 0.1) is 10.1 Å². The van der Waals surface area contributed by atoms with Crippen molar-refractivity contribution in [2.45, 2.75) is 19.8 Å². The van der Waals surface area contributed by atoms with Crippen LogP contribution in [0.5, 0.6) is 0 Å². The number of H-pyrrole nitrogens is 1. The molecule has 2 heterocycles. The van der Waals surface area contributed by atoms with E-state index in [1.165, 1.54) is 12.1 Å². The van der Waals surface area contributed by atoms with E-state index in [9.17, 15) is 10.1 Å². The van der Waals surface area contributed by atoms with Gasteiger partial charge in [-0.3, -0.25) is 15.2 Å². The lowest BCUT2D eigenvalue weighted by Gasteiger charge is -1.96. The zero-order valence-electron chi connectivity index (χ0n) is 11.0. The first-order valence-electron chi connectivity index (χ1n) is 6.15. The Morgan fingerprint density at radius 2 is 2.20 bits per heavy atom. The summed E-state index contributed by atoms with van der Waals surface area (Å²) in [5.41, 5.74) is 1.26. The molecule has 0 spiro atoms. The second-order valence-corrected chi connectivity index (χ2v) is 4.78. The first-order chi connectivity index (χ1) is 9.56. The summed E-state index contributed by atoms with van der Waals surface area (Å²) in [6.45, 7) is 3.95. The molecule has 102 valence electrons. The molecule has 0 aliphatic heterocycles. The second-order valence-electron chi connectivity index (χ2n) is 4.78. The molecule has 0 aliphatic rings. The molecule has 0 bridgehead atoms. The largest absolute Gasteiger partial charge is 0.439 e. The maximum atomic E-state index is 10.8. The lowest BCUT2D eigenvalue weighted by Crippen LogP contribution is -1.86. The maximum absolute atomic E-state index is 10.8. The first kappa shape index (κ1) is 12.3. The van der Waals surface area contributed by atoms with Crippen LogP contribution in [0.4, 0.5) is 5.69 Å². The highest BCUT2D eigenvalue weighted by atomic mass is 16.6. The van der Waals surface area contributed by atoms with Gasteiger partial charge < -0.3 is 4.42 Å². The average molecular weight is 272 g/mol. The van der Waals surface area contributed by atoms with Gasteiger partial charge in [-0.15, -0.1) is 0 Å². The van der Waals surface area contributed by atoms with Gasteiger partial charge in [0, 0.05) is 23.4 Å². The van der Waals surface area contributed by atoms with Crippen LogP contribution in [0.2, 0.25) is 0 Å². The third-order valence-corrected chi connectivity index (χ3v) is 3.01. The van der Waals surface area contributed by atoms with Crippen LogP contribution in [0.1, 0.15) is 25.7 Å². The molecular formula is C13H12N4O3. The highest BCUT2D eigenvalue weighted by Gasteiger charge is 2.17. The van der Waals surface area contributed by atoms with E-state index in [4.69, 9.17) is 4.42 Å². The SMILES string of the molecule is CC(C)c1ncc(-c2n[nH]c3ccc([N+](=O)[O-])cc23)o1. The number of nitro benzene ring substituents is 1. The smallest absolute Gasteiger partial charge is 0.270 e. The van der Waals surface area contributed by atoms with Crippen molar-refractivity contribution in [3.63, 3.8) is 0 Å². The molecule has 0 aliphatic carbocycles. The van der Waals surface area contributed by atoms with Gasteiger partial charge in [0.05, 0.1) is 16.6 Å². The van der Waals surface area contributed by atoms with E-state index in [1.807, 2.05) is 13.8 Å². The van der Waals surface area contributed by atoms with Crippen LogP contribution in [-0.4, -0.2) is 20.1 Å². The van der Waals surface area contributed by atoms with E-state index in [0.29, 0.717) is 28.2 Å². The normalized spacial score (nSPS) is 11.3. The Morgan fingerprint density at radius 1 is 1.40 bits per heavy atom. The Balaban J connectivity index is 2.14. The Morgan fingerprint density at radius 3 is 2.85 bits per heavy atom. The molecule has 0 amide bonds. The molecular weight excluding hydrogens is 260 g/mol. The molecule has 0 unspecified atom stereocenters. The van der Waals surface area contributed by atoms with Crippen molar-refractivity contribution in [1.29, 1.82) is 0 Å². The van der Waals surface area contributed by atoms with Gasteiger partial charge >= 0.3 is 0 Å². The maximum Gasteiger partial charge on any atom is 0.270 e. The molecule has 20 heavy (non-hydrogen) atoms. The van der Waals surface area contributed by atoms with E-state index in [0.717, 1.165) is 0 Å². The molecule has 1 N–H and O–H groups in total. The Bertz CT molecular complexity index is 788. The summed E-state index contributed by atoms with van der Waals surface area (Å²) in [5, 5.41) is 18.5. The van der Waals surface area contributed by atoms with Crippen LogP contribution in [-0.2, 0) is 0 Å². The minimum atomic E-state index is -0.434. The number of oxazole rings is 1. The number of fused-ring (bicyclic) bond motifs is 1. The fourth-order valence-corrected chi connectivity index (χ4v) is 1.97. The van der Waals surface area contributed by atoms with E-state index in [-0.39, 0.29) is 11.6 Å². The van der Waals surface area contributed by atoms with Gasteiger partial charge in [-0.25, -0.2) is 4.98 Å². The number of hydrogen-bond donors (Lipinski definition) is 1. The lowest BCUT2D eigenvalue weighted by atomic mass is 10.1. The van der Waals surface area contributed by atoms with Gasteiger partial charge in [-0.05, 0) is 6.07 Å². The van der Waals surface area contributed by atoms with Gasteiger partial charge in [0.1, 0.15) is 5.69 Å². The molecule has 3 aromatic rings. The quantitative estimate of drug-likeness (QED) is 0.583. The van der Waals surface area contributed by atoms with E-state index >= 15 is 0 Å². The number of nitrogens with zero attached hydrogens (tertiary/aromatic N) is 3. The van der Waals surface area contributed by atoms with Crippen molar-refractivity contribution in [3.8, 4) is 11.5 Å². The molecule has 3 rings (SSSR count). The van der Waals surface area contributed by atoms with Crippen LogP contribution in [0.25, 0.3) is 22.4 Å². The van der Waals surface area contributed by atoms with Crippen molar-refractivity contribution >= 4 is 16.6 Å². The van der Waals surface area contributed by atoms with E-state index < -0.39 is 4.92 Å². The molecule has 0 radical (unpaired) electrons. The third-order valence-electron chi connectivity index (χ3n) is 3.01. The topological polar surface area (TPSA) is 97.8 Å². The third kappa shape index (κ3) is 1.93. The molecule has 7 nitrogen and oxygen atoms in total. The fourth-order valence-electron chi connectivity index (χ4n) is 1.97. The molecule has 0 saturated carbocycles. The average Bonchev–Trinajstić information content (AvgIpc) is 3.03. The lowest BCUT2D eigenvalue weighted by molar-refractivity contribution is -0.384. The van der Waals surface area contributed by atoms with E-state index in [1.54, 1.807) is 12.3 Å². The predicted octanol–water partition coefficient (Wildman–Crippen LogP) is 3.25. The number of nitro groups is 1. The summed E-state index contributed by atoms with van der Waals surface area (Å²) in [7, 11) is 0. The Labute approximate surface area is 113 Å². The highest BCUT2D eigenvalue weighted by Crippen LogP contribution is 2.30. The van der Waals surface area contributed by atoms with Crippen molar-refractivity contribution in [2.75, 3.05) is 0 Å². The predicted molar refractivity (Wildman–Crippen MR) is 72.3 cm³/mol. The number of non-ortho nitro benzene ring substituents is 1. The summed E-state index contributed by atoms with van der Waals surface area (Å²) >= 11 is 0. The van der Waals surface area contributed by atoms with Crippen LogP contribution in [0.15, 0.2) is 28.8 Å². The summed E-state index contributed by atoms with van der Waals surface area (Å²) in [6, 6.07) is 4.54. The number of aromatic nitrogens is 3. The summed E-state index contributed by atoms with van der Waals surface area (Å²) < 4.78 is 5.63. The van der Waals surface area contributed by atoms with Crippen LogP contribution < -0.4 is 0 Å². The standard InChI is InChI=1S/C13H12N4O3/c1-7(2)13-14-6-11(20-13)12-9-5-8(17(18)19)3-4-10(9)15-16-12/h3-7H,1-2H3,(H,15,16).